The van der Waals surface area contributed by atoms with Gasteiger partial charge >= 0.3 is 12.2 Å². The summed E-state index contributed by atoms with van der Waals surface area (Å²) >= 11 is 0. The second-order valence-electron chi connectivity index (χ2n) is 4.25. The maximum atomic E-state index is 11.8. The third-order valence-corrected chi connectivity index (χ3v) is 2.31. The van der Waals surface area contributed by atoms with E-state index in [4.69, 9.17) is 0 Å². The van der Waals surface area contributed by atoms with Crippen LogP contribution in [0.2, 0.25) is 0 Å². The van der Waals surface area contributed by atoms with E-state index in [0.29, 0.717) is 0 Å². The number of alkyl halides is 3. The fourth-order valence-corrected chi connectivity index (χ4v) is 1.31. The van der Waals surface area contributed by atoms with Crippen molar-refractivity contribution in [1.29, 1.82) is 0 Å². The SMILES string of the molecule is CN(C)c1ccc(CNC(=O)NOCC(F)(F)F)cc1. The molecule has 0 bridgehead atoms. The molecule has 0 aromatic heterocycles. The monoisotopic (exact) mass is 291 g/mol. The summed E-state index contributed by atoms with van der Waals surface area (Å²) < 4.78 is 35.3. The summed E-state index contributed by atoms with van der Waals surface area (Å²) in [6.07, 6.45) is -4.48. The number of carbonyl (C=O) groups is 1. The predicted molar refractivity (Wildman–Crippen MR) is 68.1 cm³/mol. The van der Waals surface area contributed by atoms with Gasteiger partial charge in [0.15, 0.2) is 6.61 Å². The molecule has 2 N–H and O–H groups in total. The van der Waals surface area contributed by atoms with Gasteiger partial charge in [0.25, 0.3) is 0 Å². The Labute approximate surface area is 114 Å². The number of urea groups is 1. The smallest absolute Gasteiger partial charge is 0.378 e. The van der Waals surface area contributed by atoms with E-state index in [2.05, 4.69) is 10.2 Å². The zero-order valence-electron chi connectivity index (χ0n) is 11.1. The quantitative estimate of drug-likeness (QED) is 0.816. The van der Waals surface area contributed by atoms with Gasteiger partial charge in [-0.1, -0.05) is 12.1 Å². The average molecular weight is 291 g/mol. The Balaban J connectivity index is 2.30. The lowest BCUT2D eigenvalue weighted by molar-refractivity contribution is -0.184. The molecule has 0 saturated carbocycles. The first-order chi connectivity index (χ1) is 9.28. The normalized spacial score (nSPS) is 11.1. The highest BCUT2D eigenvalue weighted by Gasteiger charge is 2.28. The molecule has 0 radical (unpaired) electrons. The van der Waals surface area contributed by atoms with E-state index in [0.717, 1.165) is 11.3 Å². The molecule has 0 spiro atoms. The molecular formula is C12H16F3N3O2. The average Bonchev–Trinajstić information content (AvgIpc) is 2.35. The van der Waals surface area contributed by atoms with Crippen LogP contribution in [0, 0.1) is 0 Å². The first kappa shape index (κ1) is 16.1. The van der Waals surface area contributed by atoms with Crippen LogP contribution in [0.25, 0.3) is 0 Å². The van der Waals surface area contributed by atoms with Gasteiger partial charge in [-0.15, -0.1) is 0 Å². The van der Waals surface area contributed by atoms with Crippen molar-refractivity contribution in [3.8, 4) is 0 Å². The number of amides is 2. The molecule has 0 aliphatic carbocycles. The number of hydrogen-bond donors (Lipinski definition) is 2. The standard InChI is InChI=1S/C12H16F3N3O2/c1-18(2)10-5-3-9(4-6-10)7-16-11(19)17-20-8-12(13,14)15/h3-6H,7-8H2,1-2H3,(H2,16,17,19). The van der Waals surface area contributed by atoms with Gasteiger partial charge < -0.3 is 10.2 Å². The van der Waals surface area contributed by atoms with Crippen LogP contribution in [0.4, 0.5) is 23.7 Å². The minimum absolute atomic E-state index is 0.189. The highest BCUT2D eigenvalue weighted by atomic mass is 19.4. The summed E-state index contributed by atoms with van der Waals surface area (Å²) in [5.74, 6) is 0. The van der Waals surface area contributed by atoms with Crippen LogP contribution in [0.3, 0.4) is 0 Å². The largest absolute Gasteiger partial charge is 0.414 e. The molecular weight excluding hydrogens is 275 g/mol. The van der Waals surface area contributed by atoms with E-state index in [1.807, 2.05) is 43.3 Å². The van der Waals surface area contributed by atoms with Crippen LogP contribution in [0.5, 0.6) is 0 Å². The summed E-state index contributed by atoms with van der Waals surface area (Å²) in [6, 6.07) is 6.54. The molecule has 0 aliphatic heterocycles. The van der Waals surface area contributed by atoms with Gasteiger partial charge in [-0.2, -0.15) is 13.2 Å². The molecule has 112 valence electrons. The van der Waals surface area contributed by atoms with Crippen LogP contribution in [0.1, 0.15) is 5.56 Å². The van der Waals surface area contributed by atoms with Crippen molar-refractivity contribution in [2.45, 2.75) is 12.7 Å². The molecule has 1 aromatic carbocycles. The Kier molecular flexibility index (Phi) is 5.63. The Morgan fingerprint density at radius 2 is 1.85 bits per heavy atom. The Hall–Kier alpha value is -1.96. The number of carbonyl (C=O) groups excluding carboxylic acids is 1. The molecule has 5 nitrogen and oxygen atoms in total. The minimum atomic E-state index is -4.48. The number of anilines is 1. The van der Waals surface area contributed by atoms with Crippen LogP contribution >= 0.6 is 0 Å². The molecule has 2 amide bonds. The van der Waals surface area contributed by atoms with E-state index in [1.54, 1.807) is 5.48 Å². The topological polar surface area (TPSA) is 53.6 Å². The van der Waals surface area contributed by atoms with E-state index in [9.17, 15) is 18.0 Å². The molecule has 0 aliphatic rings. The fraction of sp³-hybridized carbons (Fsp3) is 0.417. The van der Waals surface area contributed by atoms with Crippen LogP contribution in [0.15, 0.2) is 24.3 Å². The van der Waals surface area contributed by atoms with Crippen molar-refractivity contribution in [3.05, 3.63) is 29.8 Å². The summed E-state index contributed by atoms with van der Waals surface area (Å²) in [5.41, 5.74) is 3.49. The number of nitrogens with zero attached hydrogens (tertiary/aromatic N) is 1. The van der Waals surface area contributed by atoms with Gasteiger partial charge in [0.05, 0.1) is 0 Å². The van der Waals surface area contributed by atoms with Gasteiger partial charge in [-0.05, 0) is 17.7 Å². The van der Waals surface area contributed by atoms with Crippen LogP contribution in [-0.2, 0) is 11.4 Å². The summed E-state index contributed by atoms with van der Waals surface area (Å²) in [5, 5.41) is 2.38. The highest BCUT2D eigenvalue weighted by Crippen LogP contribution is 2.13. The Morgan fingerprint density at radius 3 is 2.35 bits per heavy atom. The lowest BCUT2D eigenvalue weighted by Gasteiger charge is -2.13. The molecule has 1 aromatic rings. The number of hydroxylamine groups is 1. The maximum Gasteiger partial charge on any atom is 0.414 e. The van der Waals surface area contributed by atoms with E-state index >= 15 is 0 Å². The third-order valence-electron chi connectivity index (χ3n) is 2.31. The third kappa shape index (κ3) is 6.28. The molecule has 1 rings (SSSR count). The molecule has 0 unspecified atom stereocenters. The second kappa shape index (κ2) is 6.99. The van der Waals surface area contributed by atoms with Gasteiger partial charge in [0.2, 0.25) is 0 Å². The summed E-state index contributed by atoms with van der Waals surface area (Å²) in [4.78, 5) is 17.1. The number of halogens is 3. The second-order valence-corrected chi connectivity index (χ2v) is 4.25. The van der Waals surface area contributed by atoms with Gasteiger partial charge in [-0.25, -0.2) is 10.3 Å². The first-order valence-electron chi connectivity index (χ1n) is 5.76. The Bertz CT molecular complexity index is 433. The van der Waals surface area contributed by atoms with Crippen molar-refractivity contribution in [2.24, 2.45) is 0 Å². The van der Waals surface area contributed by atoms with E-state index < -0.39 is 18.8 Å². The van der Waals surface area contributed by atoms with Crippen molar-refractivity contribution in [3.63, 3.8) is 0 Å². The number of hydrogen-bond acceptors (Lipinski definition) is 3. The van der Waals surface area contributed by atoms with Crippen molar-refractivity contribution in [1.82, 2.24) is 10.8 Å². The molecule has 20 heavy (non-hydrogen) atoms. The fourth-order valence-electron chi connectivity index (χ4n) is 1.31. The minimum Gasteiger partial charge on any atom is -0.378 e. The van der Waals surface area contributed by atoms with Crippen LogP contribution < -0.4 is 15.7 Å². The zero-order valence-corrected chi connectivity index (χ0v) is 11.1. The predicted octanol–water partition coefficient (Wildman–Crippen LogP) is 2.05. The molecule has 0 heterocycles. The van der Waals surface area contributed by atoms with Gasteiger partial charge in [0, 0.05) is 26.3 Å². The Morgan fingerprint density at radius 1 is 1.25 bits per heavy atom. The van der Waals surface area contributed by atoms with Gasteiger partial charge in [0.1, 0.15) is 0 Å². The van der Waals surface area contributed by atoms with Crippen molar-refractivity contribution in [2.75, 3.05) is 25.6 Å². The lowest BCUT2D eigenvalue weighted by Crippen LogP contribution is -2.37. The maximum absolute atomic E-state index is 11.8. The number of nitrogens with one attached hydrogen (secondary N) is 2. The lowest BCUT2D eigenvalue weighted by atomic mass is 10.2. The molecule has 0 fully saturated rings. The highest BCUT2D eigenvalue weighted by molar-refractivity contribution is 5.72. The molecule has 0 atom stereocenters. The van der Waals surface area contributed by atoms with Crippen molar-refractivity contribution < 1.29 is 22.8 Å². The van der Waals surface area contributed by atoms with Crippen LogP contribution in [-0.4, -0.2) is 32.9 Å². The first-order valence-corrected chi connectivity index (χ1v) is 5.76. The number of benzene rings is 1. The number of rotatable bonds is 5. The van der Waals surface area contributed by atoms with E-state index in [1.165, 1.54) is 0 Å². The summed E-state index contributed by atoms with van der Waals surface area (Å²) in [6.45, 7) is -1.34. The van der Waals surface area contributed by atoms with E-state index in [-0.39, 0.29) is 6.54 Å². The summed E-state index contributed by atoms with van der Waals surface area (Å²) in [7, 11) is 3.80. The zero-order chi connectivity index (χ0) is 15.2. The van der Waals surface area contributed by atoms with Gasteiger partial charge in [-0.3, -0.25) is 4.84 Å². The van der Waals surface area contributed by atoms with Crippen molar-refractivity contribution >= 4 is 11.7 Å². The molecule has 8 heteroatoms. The molecule has 0 saturated heterocycles.